The minimum absolute atomic E-state index is 0.118. The summed E-state index contributed by atoms with van der Waals surface area (Å²) < 4.78 is 5.82. The van der Waals surface area contributed by atoms with Crippen molar-refractivity contribution in [3.8, 4) is 0 Å². The van der Waals surface area contributed by atoms with E-state index in [4.69, 9.17) is 16.3 Å². The molecule has 0 saturated carbocycles. The Morgan fingerprint density at radius 3 is 2.69 bits per heavy atom. The average molecular weight is 235 g/mol. The summed E-state index contributed by atoms with van der Waals surface area (Å²) in [4.78, 5) is 0. The van der Waals surface area contributed by atoms with Gasteiger partial charge >= 0.3 is 0 Å². The van der Waals surface area contributed by atoms with Crippen LogP contribution in [0.1, 0.15) is 25.0 Å². The second-order valence-electron chi connectivity index (χ2n) is 4.20. The third kappa shape index (κ3) is 2.75. The molecule has 2 heteroatoms. The predicted molar refractivity (Wildman–Crippen MR) is 67.7 cm³/mol. The van der Waals surface area contributed by atoms with E-state index in [-0.39, 0.29) is 6.10 Å². The molecule has 0 N–H and O–H groups in total. The Labute approximate surface area is 101 Å². The highest BCUT2D eigenvalue weighted by atomic mass is 35.5. The Kier molecular flexibility index (Phi) is 3.47. The zero-order valence-corrected chi connectivity index (χ0v) is 10.1. The van der Waals surface area contributed by atoms with Gasteiger partial charge in [0.25, 0.3) is 0 Å². The average Bonchev–Trinajstić information content (AvgIpc) is 2.41. The van der Waals surface area contributed by atoms with E-state index in [0.717, 1.165) is 17.0 Å². The molecule has 1 nitrogen and oxygen atoms in total. The van der Waals surface area contributed by atoms with Gasteiger partial charge in [-0.3, -0.25) is 0 Å². The maximum absolute atomic E-state index is 5.87. The van der Waals surface area contributed by atoms with E-state index in [1.54, 1.807) is 0 Å². The summed E-state index contributed by atoms with van der Waals surface area (Å²) in [6.07, 6.45) is 3.14. The second kappa shape index (κ2) is 4.86. The summed E-state index contributed by atoms with van der Waals surface area (Å²) in [6, 6.07) is 7.85. The molecule has 1 aliphatic rings. The molecular weight excluding hydrogens is 220 g/mol. The molecule has 1 atom stereocenters. The second-order valence-corrected chi connectivity index (χ2v) is 4.64. The van der Waals surface area contributed by atoms with Crippen LogP contribution in [0.25, 0.3) is 0 Å². The van der Waals surface area contributed by atoms with E-state index in [1.165, 1.54) is 11.1 Å². The van der Waals surface area contributed by atoms with Crippen LogP contribution >= 0.6 is 11.6 Å². The van der Waals surface area contributed by atoms with Crippen LogP contribution in [0.15, 0.2) is 48.1 Å². The number of ether oxygens (including phenoxy) is 1. The van der Waals surface area contributed by atoms with Crippen LogP contribution in [0.4, 0.5) is 0 Å². The Bertz CT molecular complexity index is 417. The van der Waals surface area contributed by atoms with Gasteiger partial charge in [0.15, 0.2) is 0 Å². The first-order valence-electron chi connectivity index (χ1n) is 5.37. The maximum atomic E-state index is 5.87. The zero-order valence-electron chi connectivity index (χ0n) is 9.37. The minimum Gasteiger partial charge on any atom is -0.369 e. The van der Waals surface area contributed by atoms with Crippen LogP contribution in [0.5, 0.6) is 0 Å². The van der Waals surface area contributed by atoms with Crippen molar-refractivity contribution in [3.05, 3.63) is 58.7 Å². The monoisotopic (exact) mass is 234 g/mol. The topological polar surface area (TPSA) is 9.23 Å². The first-order valence-corrected chi connectivity index (χ1v) is 5.75. The van der Waals surface area contributed by atoms with Gasteiger partial charge in [-0.15, -0.1) is 0 Å². The summed E-state index contributed by atoms with van der Waals surface area (Å²) in [5, 5.41) is 0.758. The van der Waals surface area contributed by atoms with Crippen molar-refractivity contribution >= 4 is 11.6 Å². The molecule has 0 saturated heterocycles. The Balaban J connectivity index is 2.19. The van der Waals surface area contributed by atoms with Gasteiger partial charge in [-0.25, -0.2) is 0 Å². The lowest BCUT2D eigenvalue weighted by Crippen LogP contribution is -2.04. The third-order valence-electron chi connectivity index (χ3n) is 2.67. The Morgan fingerprint density at radius 2 is 2.00 bits per heavy atom. The predicted octanol–water partition coefficient (Wildman–Crippen LogP) is 4.30. The van der Waals surface area contributed by atoms with E-state index in [2.05, 4.69) is 19.6 Å². The van der Waals surface area contributed by atoms with Crippen molar-refractivity contribution in [1.82, 2.24) is 0 Å². The van der Waals surface area contributed by atoms with Crippen LogP contribution in [-0.4, -0.2) is 6.61 Å². The molecule has 0 radical (unpaired) electrons. The van der Waals surface area contributed by atoms with E-state index in [9.17, 15) is 0 Å². The van der Waals surface area contributed by atoms with E-state index in [0.29, 0.717) is 6.61 Å². The van der Waals surface area contributed by atoms with E-state index >= 15 is 0 Å². The normalized spacial score (nSPS) is 21.5. The number of hydrogen-bond acceptors (Lipinski definition) is 1. The smallest absolute Gasteiger partial charge is 0.0866 e. The largest absolute Gasteiger partial charge is 0.369 e. The molecule has 0 fully saturated rings. The summed E-state index contributed by atoms with van der Waals surface area (Å²) in [5.41, 5.74) is 3.52. The van der Waals surface area contributed by atoms with Crippen molar-refractivity contribution in [2.75, 3.05) is 6.61 Å². The molecule has 0 bridgehead atoms. The SMILES string of the molecule is C=C1C=C(C)CC(c2ccc(Cl)cc2)OC1. The van der Waals surface area contributed by atoms with Gasteiger partial charge in [-0.1, -0.05) is 42.0 Å². The fraction of sp³-hybridized carbons (Fsp3) is 0.286. The highest BCUT2D eigenvalue weighted by Gasteiger charge is 2.15. The van der Waals surface area contributed by atoms with Crippen LogP contribution in [-0.2, 0) is 4.74 Å². The molecule has 0 amide bonds. The first kappa shape index (κ1) is 11.4. The van der Waals surface area contributed by atoms with Crippen molar-refractivity contribution in [1.29, 1.82) is 0 Å². The van der Waals surface area contributed by atoms with Crippen LogP contribution in [0.3, 0.4) is 0 Å². The zero-order chi connectivity index (χ0) is 11.5. The van der Waals surface area contributed by atoms with Gasteiger partial charge in [0.2, 0.25) is 0 Å². The molecule has 1 aromatic rings. The van der Waals surface area contributed by atoms with Gasteiger partial charge in [0.05, 0.1) is 12.7 Å². The maximum Gasteiger partial charge on any atom is 0.0866 e. The fourth-order valence-electron chi connectivity index (χ4n) is 1.90. The van der Waals surface area contributed by atoms with Crippen molar-refractivity contribution in [2.45, 2.75) is 19.4 Å². The molecule has 1 aromatic carbocycles. The standard InChI is InChI=1S/C14H15ClO/c1-10-7-11(2)9-16-14(8-10)12-3-5-13(15)6-4-12/h3-7,14H,2,8-9H2,1H3. The molecule has 2 rings (SSSR count). The Morgan fingerprint density at radius 1 is 1.31 bits per heavy atom. The number of rotatable bonds is 1. The number of hydrogen-bond donors (Lipinski definition) is 0. The van der Waals surface area contributed by atoms with Gasteiger partial charge < -0.3 is 4.74 Å². The molecule has 1 heterocycles. The van der Waals surface area contributed by atoms with Gasteiger partial charge in [-0.05, 0) is 36.6 Å². The van der Waals surface area contributed by atoms with Crippen molar-refractivity contribution in [2.24, 2.45) is 0 Å². The summed E-state index contributed by atoms with van der Waals surface area (Å²) in [7, 11) is 0. The number of halogens is 1. The van der Waals surface area contributed by atoms with Gasteiger partial charge in [0, 0.05) is 5.02 Å². The first-order chi connectivity index (χ1) is 7.65. The lowest BCUT2D eigenvalue weighted by atomic mass is 10.0. The third-order valence-corrected chi connectivity index (χ3v) is 2.92. The summed E-state index contributed by atoms with van der Waals surface area (Å²) in [6.45, 7) is 6.66. The molecule has 0 aliphatic carbocycles. The van der Waals surface area contributed by atoms with E-state index < -0.39 is 0 Å². The minimum atomic E-state index is 0.118. The fourth-order valence-corrected chi connectivity index (χ4v) is 2.03. The van der Waals surface area contributed by atoms with E-state index in [1.807, 2.05) is 24.3 Å². The van der Waals surface area contributed by atoms with Crippen LogP contribution in [0, 0.1) is 0 Å². The molecular formula is C14H15ClO. The van der Waals surface area contributed by atoms with Gasteiger partial charge in [0.1, 0.15) is 0 Å². The highest BCUT2D eigenvalue weighted by Crippen LogP contribution is 2.29. The quantitative estimate of drug-likeness (QED) is 0.704. The van der Waals surface area contributed by atoms with Crippen molar-refractivity contribution < 1.29 is 4.74 Å². The summed E-state index contributed by atoms with van der Waals surface area (Å²) in [5.74, 6) is 0. The van der Waals surface area contributed by atoms with Gasteiger partial charge in [-0.2, -0.15) is 0 Å². The molecule has 1 unspecified atom stereocenters. The molecule has 0 spiro atoms. The summed E-state index contributed by atoms with van der Waals surface area (Å²) >= 11 is 5.87. The molecule has 16 heavy (non-hydrogen) atoms. The Hall–Kier alpha value is -1.05. The molecule has 1 aliphatic heterocycles. The lowest BCUT2D eigenvalue weighted by Gasteiger charge is -2.16. The lowest BCUT2D eigenvalue weighted by molar-refractivity contribution is 0.0746. The van der Waals surface area contributed by atoms with Crippen molar-refractivity contribution in [3.63, 3.8) is 0 Å². The highest BCUT2D eigenvalue weighted by molar-refractivity contribution is 6.30. The van der Waals surface area contributed by atoms with Crippen LogP contribution < -0.4 is 0 Å². The molecule has 0 aromatic heterocycles. The van der Waals surface area contributed by atoms with Crippen LogP contribution in [0.2, 0.25) is 5.02 Å². The molecule has 84 valence electrons. The number of benzene rings is 1.